The molecule has 576 valence electrons. The van der Waals surface area contributed by atoms with Gasteiger partial charge >= 0.3 is 5.97 Å². The van der Waals surface area contributed by atoms with E-state index in [0.717, 1.165) is 122 Å². The van der Waals surface area contributed by atoms with Crippen molar-refractivity contribution in [2.45, 2.75) is 174 Å². The van der Waals surface area contributed by atoms with Crippen LogP contribution in [-0.4, -0.2) is 107 Å². The number of aromatic carboxylic acids is 1. The van der Waals surface area contributed by atoms with E-state index in [9.17, 15) is 24.3 Å². The third kappa shape index (κ3) is 26.5. The Morgan fingerprint density at radius 2 is 0.560 bits per heavy atom. The first-order valence-electron chi connectivity index (χ1n) is 38.1. The van der Waals surface area contributed by atoms with Gasteiger partial charge in [-0.15, -0.1) is 0 Å². The van der Waals surface area contributed by atoms with Gasteiger partial charge in [-0.05, 0) is 188 Å². The summed E-state index contributed by atoms with van der Waals surface area (Å²) in [6, 6.07) is 53.5. The minimum absolute atomic E-state index is 0.120. The molecular weight excluding hydrogens is 1390 g/mol. The Balaban J connectivity index is 0.659. The van der Waals surface area contributed by atoms with Crippen LogP contribution in [0.15, 0.2) is 176 Å². The average Bonchev–Trinajstić information content (AvgIpc) is 0.850. The number of hydrogen-bond acceptors (Lipinski definition) is 18. The van der Waals surface area contributed by atoms with Crippen molar-refractivity contribution in [2.75, 3.05) is 52.7 Å². The maximum atomic E-state index is 14.0. The minimum Gasteiger partial charge on any atom is -0.493 e. The molecule has 0 saturated carbocycles. The van der Waals surface area contributed by atoms with Crippen LogP contribution in [0.25, 0.3) is 0 Å². The van der Waals surface area contributed by atoms with Crippen LogP contribution in [-0.2, 0) is 97.3 Å². The van der Waals surface area contributed by atoms with Crippen LogP contribution in [0, 0.1) is 0 Å². The maximum Gasteiger partial charge on any atom is 0.335 e. The molecule has 8 aromatic rings. The number of nitrogens with one attached hydrogen (secondary N) is 3. The lowest BCUT2D eigenvalue weighted by atomic mass is 10.1. The Bertz CT molecular complexity index is 3730. The standard InChI is InChI=1S/C87H99N3O19/c91-84(71-45-76(102-53-62-15-23-66(24-16-62)57-106-80-11-1-5-37-98-80)50-77(46-71)103-54-63-17-25-67(26-18-63)58-107-81-12-2-6-38-99-81)88-35-9-41-96-74-43-73(86(93)90-52-61-31-33-70(34-32-61)87(94)95)44-75(49-74)97-42-10-36-89-85(92)72-47-78(104-55-64-19-27-68(28-20-64)59-108-82-13-3-7-39-100-82)51-79(48-72)105-56-65-21-29-69(30-22-65)60-109-83-14-4-8-40-101-83/h15-34,43-51,80-83H,1-14,35-42,52-60H2,(H,88,91)(H,89,92)(H,90,93)(H,94,95). The lowest BCUT2D eigenvalue weighted by Crippen LogP contribution is -2.26. The van der Waals surface area contributed by atoms with Gasteiger partial charge in [0, 0.05) is 81.0 Å². The van der Waals surface area contributed by atoms with Crippen molar-refractivity contribution >= 4 is 23.7 Å². The molecule has 0 radical (unpaired) electrons. The molecule has 0 bridgehead atoms. The molecule has 4 unspecified atom stereocenters. The predicted molar refractivity (Wildman–Crippen MR) is 405 cm³/mol. The molecule has 4 heterocycles. The van der Waals surface area contributed by atoms with Gasteiger partial charge in [-0.25, -0.2) is 4.79 Å². The molecule has 8 aromatic carbocycles. The lowest BCUT2D eigenvalue weighted by molar-refractivity contribution is -0.169. The Labute approximate surface area is 637 Å². The summed E-state index contributed by atoms with van der Waals surface area (Å²) in [6.07, 6.45) is 12.2. The molecule has 3 amide bonds. The molecule has 0 spiro atoms. The van der Waals surface area contributed by atoms with E-state index in [1.54, 1.807) is 66.7 Å². The summed E-state index contributed by atoms with van der Waals surface area (Å²) in [7, 11) is 0. The first-order valence-corrected chi connectivity index (χ1v) is 38.1. The van der Waals surface area contributed by atoms with Gasteiger partial charge in [0.05, 0.1) is 45.2 Å². The number of carboxylic acids is 1. The summed E-state index contributed by atoms with van der Waals surface area (Å²) in [5.74, 6) is 0.293. The normalized spacial score (nSPS) is 17.1. The summed E-state index contributed by atoms with van der Waals surface area (Å²) in [5.41, 5.74) is 9.56. The topological polar surface area (TPSA) is 254 Å². The van der Waals surface area contributed by atoms with Gasteiger partial charge in [0.15, 0.2) is 25.2 Å². The highest BCUT2D eigenvalue weighted by atomic mass is 16.7. The average molecular weight is 1490 g/mol. The molecule has 0 aromatic heterocycles. The molecule has 22 heteroatoms. The van der Waals surface area contributed by atoms with Crippen molar-refractivity contribution in [3.63, 3.8) is 0 Å². The molecule has 4 atom stereocenters. The molecule has 0 aliphatic carbocycles. The van der Waals surface area contributed by atoms with Crippen molar-refractivity contribution < 1.29 is 90.6 Å². The van der Waals surface area contributed by atoms with Crippen molar-refractivity contribution in [3.8, 4) is 34.5 Å². The first-order chi connectivity index (χ1) is 53.5. The molecule has 22 nitrogen and oxygen atoms in total. The largest absolute Gasteiger partial charge is 0.493 e. The van der Waals surface area contributed by atoms with Gasteiger partial charge in [0.1, 0.15) is 60.9 Å². The zero-order valence-electron chi connectivity index (χ0n) is 61.8. The first kappa shape index (κ1) is 78.7. The lowest BCUT2D eigenvalue weighted by Gasteiger charge is -2.22. The van der Waals surface area contributed by atoms with E-state index >= 15 is 0 Å². The number of carbonyl (C=O) groups excluding carboxylic acids is 3. The van der Waals surface area contributed by atoms with Crippen LogP contribution in [0.1, 0.15) is 181 Å². The number of ether oxygens (including phenoxy) is 14. The van der Waals surface area contributed by atoms with E-state index in [4.69, 9.17) is 66.3 Å². The van der Waals surface area contributed by atoms with Crippen molar-refractivity contribution in [1.29, 1.82) is 0 Å². The van der Waals surface area contributed by atoms with E-state index < -0.39 is 11.9 Å². The van der Waals surface area contributed by atoms with Gasteiger partial charge < -0.3 is 87.4 Å². The van der Waals surface area contributed by atoms with Crippen molar-refractivity contribution in [2.24, 2.45) is 0 Å². The van der Waals surface area contributed by atoms with Gasteiger partial charge in [0.2, 0.25) is 0 Å². The van der Waals surface area contributed by atoms with Gasteiger partial charge in [-0.2, -0.15) is 0 Å². The van der Waals surface area contributed by atoms with E-state index in [0.29, 0.717) is 117 Å². The Morgan fingerprint density at radius 1 is 0.303 bits per heavy atom. The molecular formula is C87H99N3O19. The fourth-order valence-corrected chi connectivity index (χ4v) is 12.5. The van der Waals surface area contributed by atoms with E-state index in [1.807, 2.05) is 97.1 Å². The van der Waals surface area contributed by atoms with Crippen LogP contribution in [0.2, 0.25) is 0 Å². The fourth-order valence-electron chi connectivity index (χ4n) is 12.5. The quantitative estimate of drug-likeness (QED) is 0.0260. The Kier molecular flexibility index (Phi) is 30.5. The number of carboxylic acid groups (broad SMARTS) is 1. The zero-order valence-corrected chi connectivity index (χ0v) is 61.8. The van der Waals surface area contributed by atoms with Gasteiger partial charge in [0.25, 0.3) is 17.7 Å². The smallest absolute Gasteiger partial charge is 0.335 e. The second-order valence-corrected chi connectivity index (χ2v) is 27.5. The van der Waals surface area contributed by atoms with E-state index in [2.05, 4.69) is 16.0 Å². The predicted octanol–water partition coefficient (Wildman–Crippen LogP) is 15.2. The zero-order chi connectivity index (χ0) is 75.0. The second kappa shape index (κ2) is 42.2. The summed E-state index contributed by atoms with van der Waals surface area (Å²) >= 11 is 0. The van der Waals surface area contributed by atoms with E-state index in [-0.39, 0.29) is 107 Å². The molecule has 4 fully saturated rings. The van der Waals surface area contributed by atoms with Gasteiger partial charge in [-0.3, -0.25) is 14.4 Å². The number of carbonyl (C=O) groups is 4. The highest BCUT2D eigenvalue weighted by Gasteiger charge is 2.21. The number of benzene rings is 8. The number of rotatable bonds is 40. The summed E-state index contributed by atoms with van der Waals surface area (Å²) in [6.45, 7) is 6.50. The molecule has 4 N–H and O–H groups in total. The monoisotopic (exact) mass is 1490 g/mol. The van der Waals surface area contributed by atoms with E-state index in [1.165, 1.54) is 12.1 Å². The second-order valence-electron chi connectivity index (χ2n) is 27.5. The van der Waals surface area contributed by atoms with Crippen LogP contribution >= 0.6 is 0 Å². The minimum atomic E-state index is -1.05. The number of amides is 3. The van der Waals surface area contributed by atoms with Crippen LogP contribution in [0.5, 0.6) is 34.5 Å². The highest BCUT2D eigenvalue weighted by molar-refractivity contribution is 5.96. The van der Waals surface area contributed by atoms with Crippen molar-refractivity contribution in [3.05, 3.63) is 248 Å². The highest BCUT2D eigenvalue weighted by Crippen LogP contribution is 2.30. The fraction of sp³-hybridized carbons (Fsp3) is 0.402. The Morgan fingerprint density at radius 3 is 0.826 bits per heavy atom. The summed E-state index contributed by atoms with van der Waals surface area (Å²) < 4.78 is 84.8. The van der Waals surface area contributed by atoms with Crippen LogP contribution in [0.3, 0.4) is 0 Å². The van der Waals surface area contributed by atoms with Crippen LogP contribution < -0.4 is 44.4 Å². The molecule has 109 heavy (non-hydrogen) atoms. The third-order valence-corrected chi connectivity index (χ3v) is 18.8. The third-order valence-electron chi connectivity index (χ3n) is 18.8. The molecule has 4 aliphatic heterocycles. The summed E-state index contributed by atoms with van der Waals surface area (Å²) in [4.78, 5) is 53.4. The van der Waals surface area contributed by atoms with Crippen molar-refractivity contribution in [1.82, 2.24) is 16.0 Å². The maximum absolute atomic E-state index is 14.0. The number of hydrogen-bond donors (Lipinski definition) is 4. The molecule has 4 aliphatic rings. The summed E-state index contributed by atoms with van der Waals surface area (Å²) in [5, 5.41) is 18.4. The SMILES string of the molecule is O=C(O)c1ccc(CNC(=O)c2cc(OCCCNC(=O)c3cc(OCc4ccc(COC5CCCCO5)cc4)cc(OCc4ccc(COC5CCCCO5)cc4)c3)cc(OCCCNC(=O)c3cc(OCc4ccc(COC5CCCCO5)cc4)cc(OCc4ccc(COC5CCCCO5)cc4)c3)c2)cc1. The van der Waals surface area contributed by atoms with Gasteiger partial charge in [-0.1, -0.05) is 109 Å². The Hall–Kier alpha value is -9.88. The molecule has 12 rings (SSSR count). The van der Waals surface area contributed by atoms with Crippen LogP contribution in [0.4, 0.5) is 0 Å². The molecule has 4 saturated heterocycles.